The van der Waals surface area contributed by atoms with Gasteiger partial charge in [0.05, 0.1) is 24.6 Å². The number of amides is 1. The Labute approximate surface area is 165 Å². The Morgan fingerprint density at radius 3 is 2.15 bits per heavy atom. The highest BCUT2D eigenvalue weighted by atomic mass is 127. The molecule has 0 saturated heterocycles. The zero-order valence-corrected chi connectivity index (χ0v) is 17.1. The Morgan fingerprint density at radius 2 is 1.65 bits per heavy atom. The first kappa shape index (κ1) is 20.2. The van der Waals surface area contributed by atoms with Crippen molar-refractivity contribution < 1.29 is 22.7 Å². The molecule has 138 valence electrons. The second-order valence-electron chi connectivity index (χ2n) is 5.36. The van der Waals surface area contributed by atoms with Gasteiger partial charge in [0, 0.05) is 9.26 Å². The minimum Gasteiger partial charge on any atom is -0.465 e. The number of halogens is 1. The molecule has 0 saturated carbocycles. The highest BCUT2D eigenvalue weighted by molar-refractivity contribution is 14.1. The van der Waals surface area contributed by atoms with Gasteiger partial charge in [0.15, 0.2) is 0 Å². The second kappa shape index (κ2) is 8.49. The summed E-state index contributed by atoms with van der Waals surface area (Å²) in [4.78, 5) is 23.7. The number of nitrogens with one attached hydrogen (secondary N) is 1. The van der Waals surface area contributed by atoms with Crippen LogP contribution in [0.4, 0.5) is 11.4 Å². The summed E-state index contributed by atoms with van der Waals surface area (Å²) in [6.07, 6.45) is 1.05. The number of nitrogens with zero attached hydrogens (tertiary/aromatic N) is 1. The van der Waals surface area contributed by atoms with Crippen molar-refractivity contribution in [2.24, 2.45) is 0 Å². The van der Waals surface area contributed by atoms with E-state index in [1.807, 2.05) is 0 Å². The SMILES string of the molecule is COC(=O)c1ccc(NC(=O)CN(c2ccc(I)cc2)S(C)(=O)=O)cc1. The molecule has 9 heteroatoms. The van der Waals surface area contributed by atoms with Crippen LogP contribution in [-0.4, -0.2) is 40.2 Å². The Bertz CT molecular complexity index is 896. The van der Waals surface area contributed by atoms with Gasteiger partial charge in [-0.3, -0.25) is 9.10 Å². The summed E-state index contributed by atoms with van der Waals surface area (Å²) in [7, 11) is -2.35. The van der Waals surface area contributed by atoms with Crippen LogP contribution in [0.2, 0.25) is 0 Å². The third-order valence-corrected chi connectivity index (χ3v) is 5.25. The first-order chi connectivity index (χ1) is 12.2. The molecule has 1 amide bonds. The average molecular weight is 488 g/mol. The summed E-state index contributed by atoms with van der Waals surface area (Å²) in [5, 5.41) is 2.61. The average Bonchev–Trinajstić information content (AvgIpc) is 2.59. The van der Waals surface area contributed by atoms with E-state index in [9.17, 15) is 18.0 Å². The first-order valence-electron chi connectivity index (χ1n) is 7.42. The summed E-state index contributed by atoms with van der Waals surface area (Å²) in [6, 6.07) is 12.9. The number of methoxy groups -OCH3 is 1. The van der Waals surface area contributed by atoms with Gasteiger partial charge in [-0.05, 0) is 71.1 Å². The van der Waals surface area contributed by atoms with Crippen LogP contribution in [0.1, 0.15) is 10.4 Å². The fourth-order valence-electron chi connectivity index (χ4n) is 2.15. The summed E-state index contributed by atoms with van der Waals surface area (Å²) in [5.74, 6) is -0.982. The van der Waals surface area contributed by atoms with Crippen LogP contribution in [0, 0.1) is 3.57 Å². The Morgan fingerprint density at radius 1 is 1.08 bits per heavy atom. The molecule has 0 atom stereocenters. The van der Waals surface area contributed by atoms with Crippen molar-refractivity contribution in [3.8, 4) is 0 Å². The van der Waals surface area contributed by atoms with E-state index >= 15 is 0 Å². The van der Waals surface area contributed by atoms with Crippen molar-refractivity contribution in [1.29, 1.82) is 0 Å². The smallest absolute Gasteiger partial charge is 0.337 e. The number of hydrogen-bond acceptors (Lipinski definition) is 5. The molecule has 0 bridgehead atoms. The predicted molar refractivity (Wildman–Crippen MR) is 108 cm³/mol. The van der Waals surface area contributed by atoms with E-state index in [0.29, 0.717) is 16.9 Å². The van der Waals surface area contributed by atoms with Gasteiger partial charge in [-0.25, -0.2) is 13.2 Å². The van der Waals surface area contributed by atoms with Crippen LogP contribution in [0.5, 0.6) is 0 Å². The van der Waals surface area contributed by atoms with Crippen molar-refractivity contribution in [1.82, 2.24) is 0 Å². The van der Waals surface area contributed by atoms with E-state index in [-0.39, 0.29) is 6.54 Å². The van der Waals surface area contributed by atoms with Crippen molar-refractivity contribution >= 4 is 55.9 Å². The van der Waals surface area contributed by atoms with Gasteiger partial charge >= 0.3 is 5.97 Å². The van der Waals surface area contributed by atoms with Crippen molar-refractivity contribution in [3.05, 3.63) is 57.7 Å². The number of anilines is 2. The van der Waals surface area contributed by atoms with E-state index in [0.717, 1.165) is 14.1 Å². The summed E-state index contributed by atoms with van der Waals surface area (Å²) >= 11 is 2.11. The van der Waals surface area contributed by atoms with E-state index in [4.69, 9.17) is 0 Å². The fraction of sp³-hybridized carbons (Fsp3) is 0.176. The molecular weight excluding hydrogens is 471 g/mol. The number of rotatable bonds is 6. The van der Waals surface area contributed by atoms with E-state index < -0.39 is 21.9 Å². The lowest BCUT2D eigenvalue weighted by Gasteiger charge is -2.22. The van der Waals surface area contributed by atoms with E-state index in [1.54, 1.807) is 36.4 Å². The zero-order valence-electron chi connectivity index (χ0n) is 14.1. The summed E-state index contributed by atoms with van der Waals surface area (Å²) < 4.78 is 30.7. The zero-order chi connectivity index (χ0) is 19.3. The molecule has 0 fully saturated rings. The number of benzene rings is 2. The molecule has 0 heterocycles. The molecular formula is C17H17IN2O5S. The second-order valence-corrected chi connectivity index (χ2v) is 8.52. The highest BCUT2D eigenvalue weighted by Crippen LogP contribution is 2.19. The molecule has 2 rings (SSSR count). The third kappa shape index (κ3) is 5.43. The lowest BCUT2D eigenvalue weighted by molar-refractivity contribution is -0.114. The maximum Gasteiger partial charge on any atom is 0.337 e. The molecule has 0 aliphatic heterocycles. The largest absolute Gasteiger partial charge is 0.465 e. The first-order valence-corrected chi connectivity index (χ1v) is 10.3. The van der Waals surface area contributed by atoms with Crippen molar-refractivity contribution in [2.75, 3.05) is 29.5 Å². The molecule has 2 aromatic carbocycles. The lowest BCUT2D eigenvalue weighted by atomic mass is 10.2. The number of sulfonamides is 1. The Hall–Kier alpha value is -2.14. The summed E-state index contributed by atoms with van der Waals surface area (Å²) in [5.41, 5.74) is 1.20. The van der Waals surface area contributed by atoms with Gasteiger partial charge in [0.1, 0.15) is 6.54 Å². The molecule has 7 nitrogen and oxygen atoms in total. The van der Waals surface area contributed by atoms with Crippen molar-refractivity contribution in [2.45, 2.75) is 0 Å². The van der Waals surface area contributed by atoms with Crippen LogP contribution >= 0.6 is 22.6 Å². The maximum absolute atomic E-state index is 12.3. The fourth-order valence-corrected chi connectivity index (χ4v) is 3.36. The maximum atomic E-state index is 12.3. The Kier molecular flexibility index (Phi) is 6.59. The number of carbonyl (C=O) groups excluding carboxylic acids is 2. The molecule has 0 spiro atoms. The number of carbonyl (C=O) groups is 2. The normalized spacial score (nSPS) is 10.9. The third-order valence-electron chi connectivity index (χ3n) is 3.39. The van der Waals surface area contributed by atoms with Crippen LogP contribution in [-0.2, 0) is 19.6 Å². The Balaban J connectivity index is 2.12. The molecule has 1 N–H and O–H groups in total. The van der Waals surface area contributed by atoms with Crippen LogP contribution < -0.4 is 9.62 Å². The van der Waals surface area contributed by atoms with Gasteiger partial charge in [-0.1, -0.05) is 0 Å². The predicted octanol–water partition coefficient (Wildman–Crippen LogP) is 2.48. The monoisotopic (exact) mass is 488 g/mol. The van der Waals surface area contributed by atoms with Crippen LogP contribution in [0.15, 0.2) is 48.5 Å². The number of esters is 1. The van der Waals surface area contributed by atoms with Gasteiger partial charge < -0.3 is 10.1 Å². The lowest BCUT2D eigenvalue weighted by Crippen LogP contribution is -2.37. The molecule has 26 heavy (non-hydrogen) atoms. The minimum atomic E-state index is -3.63. The molecule has 0 radical (unpaired) electrons. The van der Waals surface area contributed by atoms with Crippen molar-refractivity contribution in [3.63, 3.8) is 0 Å². The van der Waals surface area contributed by atoms with E-state index in [1.165, 1.54) is 19.2 Å². The molecule has 2 aromatic rings. The number of hydrogen-bond donors (Lipinski definition) is 1. The van der Waals surface area contributed by atoms with E-state index in [2.05, 4.69) is 32.6 Å². The van der Waals surface area contributed by atoms with Gasteiger partial charge in [0.25, 0.3) is 0 Å². The summed E-state index contributed by atoms with van der Waals surface area (Å²) in [6.45, 7) is -0.363. The molecule has 0 aliphatic carbocycles. The van der Waals surface area contributed by atoms with Crippen LogP contribution in [0.3, 0.4) is 0 Å². The van der Waals surface area contributed by atoms with Crippen LogP contribution in [0.25, 0.3) is 0 Å². The molecule has 0 unspecified atom stereocenters. The minimum absolute atomic E-state index is 0.349. The molecule has 0 aromatic heterocycles. The highest BCUT2D eigenvalue weighted by Gasteiger charge is 2.21. The number of ether oxygens (including phenoxy) is 1. The van der Waals surface area contributed by atoms with Gasteiger partial charge in [-0.15, -0.1) is 0 Å². The topological polar surface area (TPSA) is 92.8 Å². The standard InChI is InChI=1S/C17H17IN2O5S/c1-25-17(22)12-3-7-14(8-4-12)19-16(21)11-20(26(2,23)24)15-9-5-13(18)6-10-15/h3-10H,11H2,1-2H3,(H,19,21). The molecule has 0 aliphatic rings. The quantitative estimate of drug-likeness (QED) is 0.499. The van der Waals surface area contributed by atoms with Gasteiger partial charge in [0.2, 0.25) is 15.9 Å². The van der Waals surface area contributed by atoms with Gasteiger partial charge in [-0.2, -0.15) is 0 Å².